The number of aliphatic hydroxyl groups excluding tert-OH is 1. The van der Waals surface area contributed by atoms with Gasteiger partial charge in [0.2, 0.25) is 0 Å². The van der Waals surface area contributed by atoms with Crippen molar-refractivity contribution < 1.29 is 5.11 Å². The summed E-state index contributed by atoms with van der Waals surface area (Å²) in [6.07, 6.45) is 25.3. The lowest BCUT2D eigenvalue weighted by molar-refractivity contribution is 0.341. The van der Waals surface area contributed by atoms with E-state index in [1.54, 1.807) is 0 Å². The maximum absolute atomic E-state index is 8.90. The van der Waals surface area contributed by atoms with Gasteiger partial charge in [-0.2, -0.15) is 0 Å². The molecule has 0 unspecified atom stereocenters. The Labute approximate surface area is 194 Å². The maximum atomic E-state index is 8.90. The molecule has 0 bridgehead atoms. The molecule has 0 aromatic carbocycles. The highest BCUT2D eigenvalue weighted by Crippen LogP contribution is 2.15. The molecular weight excluding hydrogens is 376 g/mol. The van der Waals surface area contributed by atoms with Crippen molar-refractivity contribution in [1.82, 2.24) is 0 Å². The molecule has 0 saturated carbocycles. The average Bonchev–Trinajstić information content (AvgIpc) is 2.68. The van der Waals surface area contributed by atoms with Crippen molar-refractivity contribution in [1.29, 1.82) is 0 Å². The molecule has 176 valence electrons. The lowest BCUT2D eigenvalue weighted by atomic mass is 10.0. The van der Waals surface area contributed by atoms with E-state index in [1.165, 1.54) is 65.5 Å². The van der Waals surface area contributed by atoms with Crippen molar-refractivity contribution in [3.05, 3.63) is 69.9 Å². The van der Waals surface area contributed by atoms with Crippen LogP contribution in [0, 0.1) is 0 Å². The second-order valence-corrected chi connectivity index (χ2v) is 9.41. The summed E-state index contributed by atoms with van der Waals surface area (Å²) in [6.45, 7) is 15.6. The fourth-order valence-electron chi connectivity index (χ4n) is 3.44. The molecule has 1 N–H and O–H groups in total. The molecule has 0 aliphatic carbocycles. The number of allylic oxidation sites excluding steroid dienone is 11. The molecule has 0 aromatic rings. The predicted molar refractivity (Wildman–Crippen MR) is 141 cm³/mol. The summed E-state index contributed by atoms with van der Waals surface area (Å²) in [5.74, 6) is 0. The molecular formula is C30H50O. The number of aliphatic hydroxyl groups is 1. The van der Waals surface area contributed by atoms with Crippen LogP contribution in [0.3, 0.4) is 0 Å². The normalized spacial score (nSPS) is 14.3. The Kier molecular flexibility index (Phi) is 18.1. The van der Waals surface area contributed by atoms with Gasteiger partial charge in [-0.1, -0.05) is 69.9 Å². The molecule has 0 fully saturated rings. The fourth-order valence-corrected chi connectivity index (χ4v) is 3.44. The SMILES string of the molecule is CC(C)=CCC/C(C)=C/CC/C(C)=C/CC/C(C)=C/CC/C(C)=C\CC/C(C)=C\CO. The van der Waals surface area contributed by atoms with E-state index in [0.717, 1.165) is 32.1 Å². The van der Waals surface area contributed by atoms with E-state index in [-0.39, 0.29) is 6.61 Å². The van der Waals surface area contributed by atoms with Crippen molar-refractivity contribution in [2.75, 3.05) is 6.61 Å². The van der Waals surface area contributed by atoms with Gasteiger partial charge in [0.1, 0.15) is 0 Å². The predicted octanol–water partition coefficient (Wildman–Crippen LogP) is 9.58. The van der Waals surface area contributed by atoms with Crippen LogP contribution >= 0.6 is 0 Å². The summed E-state index contributed by atoms with van der Waals surface area (Å²) < 4.78 is 0. The second-order valence-electron chi connectivity index (χ2n) is 9.41. The Morgan fingerprint density at radius 2 is 0.677 bits per heavy atom. The Balaban J connectivity index is 4.09. The molecule has 1 nitrogen and oxygen atoms in total. The lowest BCUT2D eigenvalue weighted by Crippen LogP contribution is -1.84. The van der Waals surface area contributed by atoms with Gasteiger partial charge >= 0.3 is 0 Å². The minimum atomic E-state index is 0.154. The highest BCUT2D eigenvalue weighted by molar-refractivity contribution is 5.08. The van der Waals surface area contributed by atoms with Crippen LogP contribution in [0.5, 0.6) is 0 Å². The molecule has 0 saturated heterocycles. The van der Waals surface area contributed by atoms with Crippen LogP contribution in [0.2, 0.25) is 0 Å². The average molecular weight is 427 g/mol. The van der Waals surface area contributed by atoms with Crippen LogP contribution in [0.4, 0.5) is 0 Å². The second kappa shape index (κ2) is 19.1. The van der Waals surface area contributed by atoms with Gasteiger partial charge in [-0.3, -0.25) is 0 Å². The van der Waals surface area contributed by atoms with E-state index in [2.05, 4.69) is 78.8 Å². The minimum absolute atomic E-state index is 0.154. The summed E-state index contributed by atoms with van der Waals surface area (Å²) in [6, 6.07) is 0. The molecule has 0 rings (SSSR count). The van der Waals surface area contributed by atoms with Crippen LogP contribution in [-0.4, -0.2) is 11.7 Å². The van der Waals surface area contributed by atoms with E-state index >= 15 is 0 Å². The van der Waals surface area contributed by atoms with Crippen LogP contribution in [0.15, 0.2) is 69.9 Å². The van der Waals surface area contributed by atoms with Crippen molar-refractivity contribution in [2.45, 2.75) is 113 Å². The zero-order chi connectivity index (χ0) is 23.5. The summed E-state index contributed by atoms with van der Waals surface area (Å²) in [4.78, 5) is 0. The first kappa shape index (κ1) is 29.4. The van der Waals surface area contributed by atoms with Gasteiger partial charge < -0.3 is 5.11 Å². The summed E-state index contributed by atoms with van der Waals surface area (Å²) in [5.41, 5.74) is 8.71. The van der Waals surface area contributed by atoms with Crippen LogP contribution in [0.25, 0.3) is 0 Å². The first-order chi connectivity index (χ1) is 14.7. The standard InChI is InChI=1S/C30H50O/c1-25(2)13-8-14-26(3)15-9-16-27(4)17-10-18-28(5)19-11-20-29(6)21-12-22-30(7)23-24-31/h13,15,17,19,21,23,31H,8-12,14,16,18,20,22,24H2,1-7H3/b26-15+,27-17+,28-19+,29-21-,30-23-. The molecule has 0 aromatic heterocycles. The van der Waals surface area contributed by atoms with Gasteiger partial charge in [-0.15, -0.1) is 0 Å². The Hall–Kier alpha value is -1.60. The first-order valence-corrected chi connectivity index (χ1v) is 12.3. The van der Waals surface area contributed by atoms with E-state index in [9.17, 15) is 0 Å². The summed E-state index contributed by atoms with van der Waals surface area (Å²) in [5, 5.41) is 8.90. The van der Waals surface area contributed by atoms with E-state index in [1.807, 2.05) is 6.08 Å². The number of hydrogen-bond acceptors (Lipinski definition) is 1. The zero-order valence-electron chi connectivity index (χ0n) is 21.7. The van der Waals surface area contributed by atoms with Gasteiger partial charge in [0.25, 0.3) is 0 Å². The number of rotatable bonds is 16. The molecule has 0 amide bonds. The van der Waals surface area contributed by atoms with E-state index in [0.29, 0.717) is 0 Å². The largest absolute Gasteiger partial charge is 0.392 e. The molecule has 0 radical (unpaired) electrons. The van der Waals surface area contributed by atoms with Crippen molar-refractivity contribution in [3.63, 3.8) is 0 Å². The quantitative estimate of drug-likeness (QED) is 0.243. The monoisotopic (exact) mass is 426 g/mol. The van der Waals surface area contributed by atoms with Crippen molar-refractivity contribution in [2.24, 2.45) is 0 Å². The highest BCUT2D eigenvalue weighted by Gasteiger charge is 1.95. The van der Waals surface area contributed by atoms with Crippen LogP contribution in [-0.2, 0) is 0 Å². The molecule has 1 heteroatoms. The van der Waals surface area contributed by atoms with Gasteiger partial charge in [0, 0.05) is 0 Å². The van der Waals surface area contributed by atoms with E-state index < -0.39 is 0 Å². The summed E-state index contributed by atoms with van der Waals surface area (Å²) >= 11 is 0. The van der Waals surface area contributed by atoms with Gasteiger partial charge in [-0.25, -0.2) is 0 Å². The van der Waals surface area contributed by atoms with Crippen molar-refractivity contribution >= 4 is 0 Å². The molecule has 0 spiro atoms. The highest BCUT2D eigenvalue weighted by atomic mass is 16.2. The van der Waals surface area contributed by atoms with Crippen LogP contribution < -0.4 is 0 Å². The third-order valence-corrected chi connectivity index (χ3v) is 5.66. The smallest absolute Gasteiger partial charge is 0.0614 e. The topological polar surface area (TPSA) is 20.2 Å². The Bertz CT molecular complexity index is 661. The van der Waals surface area contributed by atoms with Gasteiger partial charge in [-0.05, 0) is 113 Å². The number of hydrogen-bond donors (Lipinski definition) is 1. The Morgan fingerprint density at radius 1 is 0.419 bits per heavy atom. The van der Waals surface area contributed by atoms with Crippen LogP contribution in [0.1, 0.15) is 113 Å². The third kappa shape index (κ3) is 20.1. The minimum Gasteiger partial charge on any atom is -0.392 e. The molecule has 0 atom stereocenters. The molecule has 31 heavy (non-hydrogen) atoms. The first-order valence-electron chi connectivity index (χ1n) is 12.3. The molecule has 0 aliphatic heterocycles. The third-order valence-electron chi connectivity index (χ3n) is 5.66. The van der Waals surface area contributed by atoms with Gasteiger partial charge in [0.05, 0.1) is 6.61 Å². The van der Waals surface area contributed by atoms with Gasteiger partial charge in [0.15, 0.2) is 0 Å². The fraction of sp³-hybridized carbons (Fsp3) is 0.600. The maximum Gasteiger partial charge on any atom is 0.0614 e. The van der Waals surface area contributed by atoms with E-state index in [4.69, 9.17) is 5.11 Å². The summed E-state index contributed by atoms with van der Waals surface area (Å²) in [7, 11) is 0. The molecule has 0 heterocycles. The van der Waals surface area contributed by atoms with Crippen molar-refractivity contribution in [3.8, 4) is 0 Å². The lowest BCUT2D eigenvalue weighted by Gasteiger charge is -2.03. The molecule has 0 aliphatic rings. The Morgan fingerprint density at radius 3 is 0.935 bits per heavy atom. The zero-order valence-corrected chi connectivity index (χ0v) is 21.7.